The summed E-state index contributed by atoms with van der Waals surface area (Å²) in [7, 11) is 0. The van der Waals surface area contributed by atoms with E-state index in [1.165, 1.54) is 5.57 Å². The van der Waals surface area contributed by atoms with E-state index in [9.17, 15) is 0 Å². The van der Waals surface area contributed by atoms with Crippen molar-refractivity contribution in [3.05, 3.63) is 24.4 Å². The van der Waals surface area contributed by atoms with Crippen LogP contribution in [0.3, 0.4) is 0 Å². The third kappa shape index (κ3) is 4.54. The van der Waals surface area contributed by atoms with Gasteiger partial charge in [0.1, 0.15) is 0 Å². The van der Waals surface area contributed by atoms with Crippen LogP contribution in [0, 0.1) is 5.92 Å². The Kier molecular flexibility index (Phi) is 5.44. The summed E-state index contributed by atoms with van der Waals surface area (Å²) >= 11 is 0. The van der Waals surface area contributed by atoms with E-state index in [1.54, 1.807) is 6.20 Å². The Labute approximate surface area is 69.5 Å². The standard InChI is InChI=1S/C10H17N/c1-5-7-10(9(3)4)8-11-6-2/h6-9H,2,5H2,1,3-4H3/b10-7+,11-8-. The minimum atomic E-state index is 0.554. The fourth-order valence-electron chi connectivity index (χ4n) is 0.812. The van der Waals surface area contributed by atoms with Gasteiger partial charge in [-0.15, -0.1) is 0 Å². The zero-order valence-electron chi connectivity index (χ0n) is 7.67. The first-order chi connectivity index (χ1) is 5.22. The Balaban J connectivity index is 4.22. The highest BCUT2D eigenvalue weighted by atomic mass is 14.7. The minimum Gasteiger partial charge on any atom is -0.265 e. The van der Waals surface area contributed by atoms with Gasteiger partial charge in [-0.1, -0.05) is 33.4 Å². The minimum absolute atomic E-state index is 0.554. The highest BCUT2D eigenvalue weighted by Crippen LogP contribution is 2.07. The molecule has 0 aliphatic rings. The number of hydrogen-bond acceptors (Lipinski definition) is 1. The van der Waals surface area contributed by atoms with E-state index in [4.69, 9.17) is 0 Å². The molecule has 0 aromatic rings. The maximum Gasteiger partial charge on any atom is 0.0299 e. The molecule has 0 heterocycles. The quantitative estimate of drug-likeness (QED) is 0.547. The molecule has 0 N–H and O–H groups in total. The SMILES string of the molecule is C=C/N=C\C(=C/CC)C(C)C. The second-order valence-electron chi connectivity index (χ2n) is 2.73. The summed E-state index contributed by atoms with van der Waals surface area (Å²) in [4.78, 5) is 3.98. The number of allylic oxidation sites excluding steroid dienone is 2. The fourth-order valence-corrected chi connectivity index (χ4v) is 0.812. The van der Waals surface area contributed by atoms with E-state index in [0.29, 0.717) is 5.92 Å². The van der Waals surface area contributed by atoms with Crippen molar-refractivity contribution in [3.8, 4) is 0 Å². The Morgan fingerprint density at radius 1 is 1.55 bits per heavy atom. The third-order valence-corrected chi connectivity index (χ3v) is 1.44. The molecule has 0 aliphatic heterocycles. The Hall–Kier alpha value is -0.850. The lowest BCUT2D eigenvalue weighted by Crippen LogP contribution is -1.94. The topological polar surface area (TPSA) is 12.4 Å². The zero-order chi connectivity index (χ0) is 8.69. The number of nitrogens with zero attached hydrogens (tertiary/aromatic N) is 1. The van der Waals surface area contributed by atoms with Gasteiger partial charge in [-0.3, -0.25) is 4.99 Å². The highest BCUT2D eigenvalue weighted by Gasteiger charge is 1.96. The molecule has 1 nitrogen and oxygen atoms in total. The molecule has 0 saturated heterocycles. The van der Waals surface area contributed by atoms with Gasteiger partial charge in [-0.25, -0.2) is 0 Å². The molecule has 0 bridgehead atoms. The van der Waals surface area contributed by atoms with Crippen LogP contribution in [-0.4, -0.2) is 6.21 Å². The zero-order valence-corrected chi connectivity index (χ0v) is 7.67. The second kappa shape index (κ2) is 5.90. The van der Waals surface area contributed by atoms with Crippen molar-refractivity contribution < 1.29 is 0 Å². The summed E-state index contributed by atoms with van der Waals surface area (Å²) in [5.41, 5.74) is 1.28. The highest BCUT2D eigenvalue weighted by molar-refractivity contribution is 5.79. The molecule has 0 fully saturated rings. The predicted octanol–water partition coefficient (Wildman–Crippen LogP) is 3.19. The van der Waals surface area contributed by atoms with E-state index in [-0.39, 0.29) is 0 Å². The van der Waals surface area contributed by atoms with Gasteiger partial charge in [0, 0.05) is 12.4 Å². The van der Waals surface area contributed by atoms with Crippen molar-refractivity contribution >= 4 is 6.21 Å². The Bertz CT molecular complexity index is 164. The van der Waals surface area contributed by atoms with Gasteiger partial charge in [0.05, 0.1) is 0 Å². The van der Waals surface area contributed by atoms with Gasteiger partial charge in [-0.05, 0) is 17.9 Å². The van der Waals surface area contributed by atoms with Gasteiger partial charge >= 0.3 is 0 Å². The molecule has 0 aromatic heterocycles. The van der Waals surface area contributed by atoms with Crippen LogP contribution in [0.1, 0.15) is 27.2 Å². The molecular weight excluding hydrogens is 134 g/mol. The number of aliphatic imine (C=N–C) groups is 1. The monoisotopic (exact) mass is 151 g/mol. The van der Waals surface area contributed by atoms with Crippen molar-refractivity contribution in [2.24, 2.45) is 10.9 Å². The van der Waals surface area contributed by atoms with Crippen LogP contribution in [0.2, 0.25) is 0 Å². The summed E-state index contributed by atoms with van der Waals surface area (Å²) in [5, 5.41) is 0. The second-order valence-corrected chi connectivity index (χ2v) is 2.73. The maximum absolute atomic E-state index is 3.98. The van der Waals surface area contributed by atoms with E-state index in [1.807, 2.05) is 6.21 Å². The van der Waals surface area contributed by atoms with Gasteiger partial charge in [0.25, 0.3) is 0 Å². The molecule has 0 aliphatic carbocycles. The molecule has 0 atom stereocenters. The van der Waals surface area contributed by atoms with Crippen LogP contribution in [-0.2, 0) is 0 Å². The summed E-state index contributed by atoms with van der Waals surface area (Å²) in [6.45, 7) is 9.98. The van der Waals surface area contributed by atoms with Crippen molar-refractivity contribution in [1.29, 1.82) is 0 Å². The van der Waals surface area contributed by atoms with E-state index < -0.39 is 0 Å². The molecule has 0 rings (SSSR count). The van der Waals surface area contributed by atoms with Crippen molar-refractivity contribution in [3.63, 3.8) is 0 Å². The van der Waals surface area contributed by atoms with Crippen molar-refractivity contribution in [1.82, 2.24) is 0 Å². The van der Waals surface area contributed by atoms with Gasteiger partial charge in [0.2, 0.25) is 0 Å². The van der Waals surface area contributed by atoms with E-state index >= 15 is 0 Å². The Morgan fingerprint density at radius 3 is 2.55 bits per heavy atom. The molecule has 62 valence electrons. The van der Waals surface area contributed by atoms with Crippen LogP contribution in [0.15, 0.2) is 29.4 Å². The van der Waals surface area contributed by atoms with E-state index in [0.717, 1.165) is 6.42 Å². The van der Waals surface area contributed by atoms with Gasteiger partial charge < -0.3 is 0 Å². The van der Waals surface area contributed by atoms with Crippen LogP contribution in [0.4, 0.5) is 0 Å². The molecule has 0 saturated carbocycles. The molecule has 0 radical (unpaired) electrons. The number of rotatable bonds is 4. The molecule has 0 amide bonds. The maximum atomic E-state index is 3.98. The van der Waals surface area contributed by atoms with Crippen molar-refractivity contribution in [2.45, 2.75) is 27.2 Å². The van der Waals surface area contributed by atoms with Crippen LogP contribution >= 0.6 is 0 Å². The molecule has 0 spiro atoms. The average molecular weight is 151 g/mol. The first-order valence-electron chi connectivity index (χ1n) is 4.06. The molecular formula is C10H17N. The normalized spacial score (nSPS) is 12.9. The largest absolute Gasteiger partial charge is 0.265 e. The van der Waals surface area contributed by atoms with Crippen LogP contribution in [0.25, 0.3) is 0 Å². The molecule has 0 aromatic carbocycles. The van der Waals surface area contributed by atoms with Crippen LogP contribution < -0.4 is 0 Å². The average Bonchev–Trinajstić information content (AvgIpc) is 1.97. The molecule has 1 heteroatoms. The first-order valence-corrected chi connectivity index (χ1v) is 4.06. The summed E-state index contributed by atoms with van der Waals surface area (Å²) in [6, 6.07) is 0. The first kappa shape index (κ1) is 10.2. The molecule has 11 heavy (non-hydrogen) atoms. The number of hydrogen-bond donors (Lipinski definition) is 0. The summed E-state index contributed by atoms with van der Waals surface area (Å²) in [6.07, 6.45) is 6.70. The van der Waals surface area contributed by atoms with Gasteiger partial charge in [-0.2, -0.15) is 0 Å². The lowest BCUT2D eigenvalue weighted by atomic mass is 10.0. The summed E-state index contributed by atoms with van der Waals surface area (Å²) < 4.78 is 0. The fraction of sp³-hybridized carbons (Fsp3) is 0.500. The van der Waals surface area contributed by atoms with E-state index in [2.05, 4.69) is 38.4 Å². The van der Waals surface area contributed by atoms with Crippen molar-refractivity contribution in [2.75, 3.05) is 0 Å². The van der Waals surface area contributed by atoms with Gasteiger partial charge in [0.15, 0.2) is 0 Å². The third-order valence-electron chi connectivity index (χ3n) is 1.44. The lowest BCUT2D eigenvalue weighted by molar-refractivity contribution is 0.800. The molecule has 0 unspecified atom stereocenters. The summed E-state index contributed by atoms with van der Waals surface area (Å²) in [5.74, 6) is 0.554. The lowest BCUT2D eigenvalue weighted by Gasteiger charge is -2.03. The predicted molar refractivity (Wildman–Crippen MR) is 51.9 cm³/mol. The smallest absolute Gasteiger partial charge is 0.0299 e. The van der Waals surface area contributed by atoms with Crippen LogP contribution in [0.5, 0.6) is 0 Å². The Morgan fingerprint density at radius 2 is 2.18 bits per heavy atom.